The zero-order valence-electron chi connectivity index (χ0n) is 13.9. The number of nitrogens with zero attached hydrogens (tertiary/aromatic N) is 2. The number of halogens is 2. The van der Waals surface area contributed by atoms with E-state index in [0.717, 1.165) is 0 Å². The summed E-state index contributed by atoms with van der Waals surface area (Å²) in [5.74, 6) is -0.545. The van der Waals surface area contributed by atoms with Gasteiger partial charge in [0.05, 0.1) is 34.8 Å². The third kappa shape index (κ3) is 6.05. The van der Waals surface area contributed by atoms with Gasteiger partial charge in [0.25, 0.3) is 0 Å². The number of likely N-dealkylation sites (N-methyl/N-ethyl adjacent to an activating group) is 1. The van der Waals surface area contributed by atoms with E-state index in [-0.39, 0.29) is 24.9 Å². The standard InChI is InChI=1S/C18H16Cl2N4O2/c1-24(10-17(25)22-13-4-2-12(9-21)3-5-13)11-18(26)23-14-6-7-15(19)16(20)8-14/h2-8H,10-11H2,1H3,(H,22,25)(H,23,26). The molecule has 2 aromatic carbocycles. The lowest BCUT2D eigenvalue weighted by atomic mass is 10.2. The molecule has 2 N–H and O–H groups in total. The van der Waals surface area contributed by atoms with E-state index in [1.54, 1.807) is 54.4 Å². The van der Waals surface area contributed by atoms with E-state index in [0.29, 0.717) is 27.0 Å². The molecular weight excluding hydrogens is 375 g/mol. The average Bonchev–Trinajstić information content (AvgIpc) is 2.58. The molecule has 2 aromatic rings. The van der Waals surface area contributed by atoms with Crippen molar-refractivity contribution in [3.05, 3.63) is 58.1 Å². The summed E-state index contributed by atoms with van der Waals surface area (Å²) in [5.41, 5.74) is 1.63. The Hall–Kier alpha value is -2.59. The number of hydrogen-bond acceptors (Lipinski definition) is 4. The maximum atomic E-state index is 12.0. The maximum absolute atomic E-state index is 12.0. The Labute approximate surface area is 161 Å². The fraction of sp³-hybridized carbons (Fsp3) is 0.167. The minimum Gasteiger partial charge on any atom is -0.325 e. The third-order valence-electron chi connectivity index (χ3n) is 3.33. The first-order valence-electron chi connectivity index (χ1n) is 7.61. The molecule has 0 heterocycles. The van der Waals surface area contributed by atoms with E-state index < -0.39 is 0 Å². The van der Waals surface area contributed by atoms with E-state index in [1.807, 2.05) is 6.07 Å². The zero-order chi connectivity index (χ0) is 19.1. The molecule has 2 rings (SSSR count). The van der Waals surface area contributed by atoms with Crippen molar-refractivity contribution in [2.45, 2.75) is 0 Å². The van der Waals surface area contributed by atoms with Gasteiger partial charge in [-0.05, 0) is 49.5 Å². The molecule has 0 aromatic heterocycles. The summed E-state index contributed by atoms with van der Waals surface area (Å²) in [6.45, 7) is 0.0653. The van der Waals surface area contributed by atoms with Crippen molar-refractivity contribution >= 4 is 46.4 Å². The van der Waals surface area contributed by atoms with Crippen molar-refractivity contribution in [2.24, 2.45) is 0 Å². The van der Waals surface area contributed by atoms with Crippen molar-refractivity contribution in [1.82, 2.24) is 4.90 Å². The van der Waals surface area contributed by atoms with Crippen LogP contribution in [0.1, 0.15) is 5.56 Å². The van der Waals surface area contributed by atoms with Crippen LogP contribution in [0.4, 0.5) is 11.4 Å². The molecule has 0 spiro atoms. The van der Waals surface area contributed by atoms with E-state index in [2.05, 4.69) is 10.6 Å². The van der Waals surface area contributed by atoms with Crippen LogP contribution in [0.2, 0.25) is 10.0 Å². The van der Waals surface area contributed by atoms with Crippen LogP contribution in [0.25, 0.3) is 0 Å². The lowest BCUT2D eigenvalue weighted by molar-refractivity contribution is -0.119. The number of amides is 2. The van der Waals surface area contributed by atoms with Crippen LogP contribution in [-0.4, -0.2) is 36.9 Å². The lowest BCUT2D eigenvalue weighted by Crippen LogP contribution is -2.36. The zero-order valence-corrected chi connectivity index (χ0v) is 15.4. The van der Waals surface area contributed by atoms with Gasteiger partial charge in [-0.2, -0.15) is 5.26 Å². The molecule has 0 saturated carbocycles. The molecule has 0 saturated heterocycles. The number of benzene rings is 2. The fourth-order valence-electron chi connectivity index (χ4n) is 2.15. The minimum absolute atomic E-state index is 0.0288. The molecule has 0 radical (unpaired) electrons. The molecule has 0 aliphatic carbocycles. The first-order valence-corrected chi connectivity index (χ1v) is 8.36. The second-order valence-electron chi connectivity index (χ2n) is 5.59. The van der Waals surface area contributed by atoms with E-state index in [4.69, 9.17) is 28.5 Å². The smallest absolute Gasteiger partial charge is 0.238 e. The molecule has 0 unspecified atom stereocenters. The highest BCUT2D eigenvalue weighted by molar-refractivity contribution is 6.42. The second kappa shape index (κ2) is 9.20. The van der Waals surface area contributed by atoms with Crippen molar-refractivity contribution in [2.75, 3.05) is 30.8 Å². The van der Waals surface area contributed by atoms with Crippen LogP contribution >= 0.6 is 23.2 Å². The predicted molar refractivity (Wildman–Crippen MR) is 102 cm³/mol. The predicted octanol–water partition coefficient (Wildman–Crippen LogP) is 3.37. The number of rotatable bonds is 6. The first-order chi connectivity index (χ1) is 12.4. The van der Waals surface area contributed by atoms with E-state index in [1.165, 1.54) is 0 Å². The van der Waals surface area contributed by atoms with Gasteiger partial charge in [-0.3, -0.25) is 14.5 Å². The van der Waals surface area contributed by atoms with Gasteiger partial charge in [0.2, 0.25) is 11.8 Å². The summed E-state index contributed by atoms with van der Waals surface area (Å²) in [6.07, 6.45) is 0. The van der Waals surface area contributed by atoms with Gasteiger partial charge >= 0.3 is 0 Å². The van der Waals surface area contributed by atoms with Crippen molar-refractivity contribution in [1.29, 1.82) is 5.26 Å². The number of carbonyl (C=O) groups excluding carboxylic acids is 2. The molecule has 134 valence electrons. The van der Waals surface area contributed by atoms with Gasteiger partial charge in [0, 0.05) is 11.4 Å². The molecule has 0 bridgehead atoms. The summed E-state index contributed by atoms with van der Waals surface area (Å²) in [6, 6.07) is 13.3. The van der Waals surface area contributed by atoms with Crippen LogP contribution in [-0.2, 0) is 9.59 Å². The molecule has 0 aliphatic heterocycles. The Balaban J connectivity index is 1.81. The normalized spacial score (nSPS) is 10.3. The Kier molecular flexibility index (Phi) is 6.98. The highest BCUT2D eigenvalue weighted by Gasteiger charge is 2.12. The highest BCUT2D eigenvalue weighted by atomic mass is 35.5. The number of carbonyl (C=O) groups is 2. The van der Waals surface area contributed by atoms with Crippen molar-refractivity contribution in [3.63, 3.8) is 0 Å². The summed E-state index contributed by atoms with van der Waals surface area (Å²) >= 11 is 11.7. The summed E-state index contributed by atoms with van der Waals surface area (Å²) in [5, 5.41) is 14.9. The van der Waals surface area contributed by atoms with Gasteiger partial charge in [-0.1, -0.05) is 23.2 Å². The van der Waals surface area contributed by atoms with Crippen LogP contribution in [0.3, 0.4) is 0 Å². The van der Waals surface area contributed by atoms with Gasteiger partial charge in [0.1, 0.15) is 0 Å². The molecule has 26 heavy (non-hydrogen) atoms. The second-order valence-corrected chi connectivity index (χ2v) is 6.40. The Morgan fingerprint density at radius 3 is 2.04 bits per heavy atom. The van der Waals surface area contributed by atoms with Crippen LogP contribution in [0.5, 0.6) is 0 Å². The Bertz CT molecular complexity index is 847. The maximum Gasteiger partial charge on any atom is 0.238 e. The molecule has 0 fully saturated rings. The average molecular weight is 391 g/mol. The number of nitrogens with one attached hydrogen (secondary N) is 2. The van der Waals surface area contributed by atoms with Crippen LogP contribution < -0.4 is 10.6 Å². The quantitative estimate of drug-likeness (QED) is 0.791. The number of anilines is 2. The van der Waals surface area contributed by atoms with Gasteiger partial charge in [-0.25, -0.2) is 0 Å². The Morgan fingerprint density at radius 2 is 1.50 bits per heavy atom. The molecule has 8 heteroatoms. The molecule has 6 nitrogen and oxygen atoms in total. The lowest BCUT2D eigenvalue weighted by Gasteiger charge is -2.16. The Morgan fingerprint density at radius 1 is 0.962 bits per heavy atom. The largest absolute Gasteiger partial charge is 0.325 e. The summed E-state index contributed by atoms with van der Waals surface area (Å²) in [4.78, 5) is 25.6. The van der Waals surface area contributed by atoms with Gasteiger partial charge in [-0.15, -0.1) is 0 Å². The summed E-state index contributed by atoms with van der Waals surface area (Å²) in [7, 11) is 1.66. The third-order valence-corrected chi connectivity index (χ3v) is 4.07. The topological polar surface area (TPSA) is 85.2 Å². The minimum atomic E-state index is -0.280. The van der Waals surface area contributed by atoms with Crippen LogP contribution in [0, 0.1) is 11.3 Å². The van der Waals surface area contributed by atoms with E-state index >= 15 is 0 Å². The van der Waals surface area contributed by atoms with E-state index in [9.17, 15) is 9.59 Å². The van der Waals surface area contributed by atoms with Crippen molar-refractivity contribution < 1.29 is 9.59 Å². The van der Waals surface area contributed by atoms with Crippen molar-refractivity contribution in [3.8, 4) is 6.07 Å². The number of nitriles is 1. The molecule has 0 atom stereocenters. The molecular formula is C18H16Cl2N4O2. The molecule has 2 amide bonds. The first kappa shape index (κ1) is 19.7. The van der Waals surface area contributed by atoms with Gasteiger partial charge in [0.15, 0.2) is 0 Å². The fourth-order valence-corrected chi connectivity index (χ4v) is 2.45. The molecule has 0 aliphatic rings. The number of hydrogen-bond donors (Lipinski definition) is 2. The summed E-state index contributed by atoms with van der Waals surface area (Å²) < 4.78 is 0. The van der Waals surface area contributed by atoms with Crippen LogP contribution in [0.15, 0.2) is 42.5 Å². The monoisotopic (exact) mass is 390 g/mol. The SMILES string of the molecule is CN(CC(=O)Nc1ccc(C#N)cc1)CC(=O)Nc1ccc(Cl)c(Cl)c1. The highest BCUT2D eigenvalue weighted by Crippen LogP contribution is 2.24. The van der Waals surface area contributed by atoms with Gasteiger partial charge < -0.3 is 10.6 Å².